The van der Waals surface area contributed by atoms with Crippen molar-refractivity contribution in [3.63, 3.8) is 0 Å². The molecule has 0 aliphatic carbocycles. The predicted octanol–water partition coefficient (Wildman–Crippen LogP) is 3.39. The Morgan fingerprint density at radius 1 is 1.10 bits per heavy atom. The summed E-state index contributed by atoms with van der Waals surface area (Å²) in [6, 6.07) is 19.7. The topological polar surface area (TPSA) is 110 Å². The van der Waals surface area contributed by atoms with Gasteiger partial charge in [0.1, 0.15) is 11.0 Å². The molecule has 4 rings (SSSR count). The summed E-state index contributed by atoms with van der Waals surface area (Å²) in [6.07, 6.45) is 4.44. The van der Waals surface area contributed by atoms with Gasteiger partial charge in [-0.1, -0.05) is 38.2 Å². The SMILES string of the molecule is CC.CNC=[C-]c1cc(=O)c2cc(C)cc(C(C)Nc3ccccc3C(=O)O)c2o1.COc1c[c-]ccc1OC.[K+]. The number of carboxylic acid groups (broad SMARTS) is 1. The minimum Gasteiger partial charge on any atom is -0.551 e. The third-order valence-electron chi connectivity index (χ3n) is 5.58. The monoisotopic (exact) mass is 583 g/mol. The number of aromatic carboxylic acids is 1. The number of methoxy groups -OCH3 is 2. The van der Waals surface area contributed by atoms with Gasteiger partial charge in [-0.3, -0.25) is 0 Å². The molecule has 0 aliphatic heterocycles. The predicted molar refractivity (Wildman–Crippen MR) is 158 cm³/mol. The number of ether oxygens (including phenoxy) is 2. The Balaban J connectivity index is 0.000000544. The molecule has 3 N–H and O–H groups in total. The fraction of sp³-hybridized carbons (Fsp3) is 0.250. The first-order valence-electron chi connectivity index (χ1n) is 12.8. The van der Waals surface area contributed by atoms with E-state index in [1.807, 2.05) is 33.8 Å². The summed E-state index contributed by atoms with van der Waals surface area (Å²) in [5, 5.41) is 15.9. The van der Waals surface area contributed by atoms with Crippen molar-refractivity contribution in [2.75, 3.05) is 26.6 Å². The molecule has 1 atom stereocenters. The Hall–Kier alpha value is -3.08. The van der Waals surface area contributed by atoms with E-state index in [0.29, 0.717) is 28.2 Å². The molecule has 1 aromatic heterocycles. The molecule has 41 heavy (non-hydrogen) atoms. The fourth-order valence-electron chi connectivity index (χ4n) is 3.81. The molecule has 1 heterocycles. The van der Waals surface area contributed by atoms with Crippen LogP contribution >= 0.6 is 0 Å². The summed E-state index contributed by atoms with van der Waals surface area (Å²) in [7, 11) is 4.94. The first-order valence-corrected chi connectivity index (χ1v) is 12.8. The van der Waals surface area contributed by atoms with Crippen LogP contribution in [0, 0.1) is 19.1 Å². The van der Waals surface area contributed by atoms with Gasteiger partial charge in [0, 0.05) is 29.4 Å². The van der Waals surface area contributed by atoms with Gasteiger partial charge in [-0.2, -0.15) is 18.2 Å². The zero-order valence-electron chi connectivity index (χ0n) is 24.9. The van der Waals surface area contributed by atoms with Crippen molar-refractivity contribution >= 4 is 22.6 Å². The van der Waals surface area contributed by atoms with Gasteiger partial charge >= 0.3 is 57.4 Å². The molecule has 212 valence electrons. The number of hydrogen-bond acceptors (Lipinski definition) is 7. The number of aryl methyl sites for hydroxylation is 1. The van der Waals surface area contributed by atoms with E-state index in [-0.39, 0.29) is 68.4 Å². The molecular weight excluding hydrogens is 547 g/mol. The number of rotatable bonds is 8. The van der Waals surface area contributed by atoms with Gasteiger partial charge < -0.3 is 34.4 Å². The van der Waals surface area contributed by atoms with Gasteiger partial charge in [0.05, 0.1) is 31.6 Å². The summed E-state index contributed by atoms with van der Waals surface area (Å²) >= 11 is 0. The number of carboxylic acids is 1. The Bertz CT molecular complexity index is 1480. The van der Waals surface area contributed by atoms with E-state index in [2.05, 4.69) is 22.8 Å². The first-order chi connectivity index (χ1) is 19.3. The Morgan fingerprint density at radius 2 is 1.78 bits per heavy atom. The maximum atomic E-state index is 12.6. The second-order valence-corrected chi connectivity index (χ2v) is 8.28. The zero-order valence-corrected chi connectivity index (χ0v) is 28.0. The van der Waals surface area contributed by atoms with Crippen LogP contribution in [0.2, 0.25) is 0 Å². The number of anilines is 1. The Kier molecular flexibility index (Phi) is 16.1. The van der Waals surface area contributed by atoms with Crippen molar-refractivity contribution in [2.24, 2.45) is 0 Å². The zero-order chi connectivity index (χ0) is 29.7. The fourth-order valence-corrected chi connectivity index (χ4v) is 3.81. The molecule has 0 bridgehead atoms. The number of carbonyl (C=O) groups is 1. The van der Waals surface area contributed by atoms with Crippen molar-refractivity contribution < 1.29 is 75.2 Å². The number of fused-ring (bicyclic) bond motifs is 1. The van der Waals surface area contributed by atoms with E-state index < -0.39 is 5.97 Å². The molecule has 0 radical (unpaired) electrons. The third-order valence-corrected chi connectivity index (χ3v) is 5.58. The minimum absolute atomic E-state index is 0. The van der Waals surface area contributed by atoms with Crippen LogP contribution in [-0.2, 0) is 0 Å². The largest absolute Gasteiger partial charge is 1.00 e. The Morgan fingerprint density at radius 3 is 2.39 bits per heavy atom. The van der Waals surface area contributed by atoms with Crippen LogP contribution < -0.4 is 76.9 Å². The van der Waals surface area contributed by atoms with Crippen molar-refractivity contribution in [3.05, 3.63) is 112 Å². The van der Waals surface area contributed by atoms with Crippen LogP contribution in [0.25, 0.3) is 11.0 Å². The molecule has 8 nitrogen and oxygen atoms in total. The van der Waals surface area contributed by atoms with Crippen LogP contribution in [0.15, 0.2) is 76.1 Å². The van der Waals surface area contributed by atoms with Gasteiger partial charge in [0.15, 0.2) is 0 Å². The van der Waals surface area contributed by atoms with Crippen LogP contribution in [0.1, 0.15) is 54.1 Å². The molecule has 0 aliphatic rings. The maximum Gasteiger partial charge on any atom is 1.00 e. The molecule has 0 spiro atoms. The van der Waals surface area contributed by atoms with E-state index in [9.17, 15) is 14.7 Å². The molecular formula is C32H36KN2O6-. The van der Waals surface area contributed by atoms with Gasteiger partial charge in [-0.05, 0) is 43.4 Å². The number of para-hydroxylation sites is 1. The molecule has 0 amide bonds. The van der Waals surface area contributed by atoms with E-state index >= 15 is 0 Å². The maximum absolute atomic E-state index is 12.6. The second-order valence-electron chi connectivity index (χ2n) is 8.28. The average Bonchev–Trinajstić information content (AvgIpc) is 2.97. The second kappa shape index (κ2) is 18.4. The Labute approximate surface area is 284 Å². The van der Waals surface area contributed by atoms with Gasteiger partial charge in [0.2, 0.25) is 0 Å². The summed E-state index contributed by atoms with van der Waals surface area (Å²) in [5.41, 5.74) is 2.66. The summed E-state index contributed by atoms with van der Waals surface area (Å²) in [4.78, 5) is 24.0. The first kappa shape index (κ1) is 35.9. The summed E-state index contributed by atoms with van der Waals surface area (Å²) in [5.74, 6) is 0.756. The van der Waals surface area contributed by atoms with Crippen LogP contribution in [0.4, 0.5) is 5.69 Å². The molecule has 9 heteroatoms. The summed E-state index contributed by atoms with van der Waals surface area (Å²) < 4.78 is 15.9. The molecule has 3 aromatic carbocycles. The van der Waals surface area contributed by atoms with Crippen LogP contribution in [0.5, 0.6) is 11.5 Å². The molecule has 0 saturated carbocycles. The van der Waals surface area contributed by atoms with Crippen molar-refractivity contribution in [1.82, 2.24) is 5.32 Å². The van der Waals surface area contributed by atoms with Crippen LogP contribution in [0.3, 0.4) is 0 Å². The van der Waals surface area contributed by atoms with Crippen LogP contribution in [-0.4, -0.2) is 32.3 Å². The molecule has 4 aromatic rings. The van der Waals surface area contributed by atoms with E-state index in [4.69, 9.17) is 13.9 Å². The van der Waals surface area contributed by atoms with Gasteiger partial charge in [-0.25, -0.2) is 4.79 Å². The summed E-state index contributed by atoms with van der Waals surface area (Å²) in [6.45, 7) is 7.80. The number of hydrogen-bond donors (Lipinski definition) is 3. The van der Waals surface area contributed by atoms with Gasteiger partial charge in [-0.15, -0.1) is 18.2 Å². The van der Waals surface area contributed by atoms with Crippen molar-refractivity contribution in [3.8, 4) is 11.5 Å². The quantitative estimate of drug-likeness (QED) is 0.214. The van der Waals surface area contributed by atoms with Crippen molar-refractivity contribution in [2.45, 2.75) is 33.7 Å². The standard InChI is InChI=1S/C22H21N2O4.C8H9O2.C2H6.K/c1-13-10-17(14(2)24-19-7-5-4-6-16(19)22(26)27)21-18(11-13)20(25)12-15(28-21)8-9-23-3;1-9-7-5-3-4-6-8(7)10-2;1-2;/h4-7,9-12,14,23-24H,1-3H3,(H,26,27);3,5-6H,1-2H3;1-2H3;/q2*-1;;+1. The number of nitrogens with one attached hydrogen (secondary N) is 2. The minimum atomic E-state index is -1.01. The smallest absolute Gasteiger partial charge is 0.551 e. The van der Waals surface area contributed by atoms with E-state index in [0.717, 1.165) is 16.9 Å². The van der Waals surface area contributed by atoms with Gasteiger partial charge in [0.25, 0.3) is 0 Å². The average molecular weight is 584 g/mol. The molecule has 0 saturated heterocycles. The third kappa shape index (κ3) is 10.1. The number of benzene rings is 3. The van der Waals surface area contributed by atoms with E-state index in [1.54, 1.807) is 76.0 Å². The molecule has 0 fully saturated rings. The molecule has 1 unspecified atom stereocenters. The van der Waals surface area contributed by atoms with Crippen molar-refractivity contribution in [1.29, 1.82) is 0 Å². The normalized spacial score (nSPS) is 10.7. The van der Waals surface area contributed by atoms with E-state index in [1.165, 1.54) is 6.07 Å².